The second-order valence-electron chi connectivity index (χ2n) is 5.47. The molecule has 0 aliphatic carbocycles. The topological polar surface area (TPSA) is 104 Å². The molecule has 2 aromatic carbocycles. The van der Waals surface area contributed by atoms with Gasteiger partial charge in [-0.25, -0.2) is 10.2 Å². The fourth-order valence-electron chi connectivity index (χ4n) is 2.28. The summed E-state index contributed by atoms with van der Waals surface area (Å²) in [5.74, 6) is 2.21. The maximum absolute atomic E-state index is 10.6. The summed E-state index contributed by atoms with van der Waals surface area (Å²) in [5.41, 5.74) is 7.67. The van der Waals surface area contributed by atoms with Gasteiger partial charge in [0.1, 0.15) is 0 Å². The zero-order valence-electron chi connectivity index (χ0n) is 15.6. The molecule has 9 heteroatoms. The normalized spacial score (nSPS) is 10.5. The van der Waals surface area contributed by atoms with E-state index in [0.29, 0.717) is 53.2 Å². The third-order valence-electron chi connectivity index (χ3n) is 3.50. The van der Waals surface area contributed by atoms with Gasteiger partial charge in [-0.1, -0.05) is 23.7 Å². The molecule has 0 spiro atoms. The van der Waals surface area contributed by atoms with Crippen molar-refractivity contribution in [3.8, 4) is 23.0 Å². The van der Waals surface area contributed by atoms with E-state index in [2.05, 4.69) is 10.5 Å². The lowest BCUT2D eigenvalue weighted by Crippen LogP contribution is -2.24. The average molecular weight is 408 g/mol. The van der Waals surface area contributed by atoms with Crippen LogP contribution in [0.5, 0.6) is 23.0 Å². The van der Waals surface area contributed by atoms with Gasteiger partial charge in [-0.15, -0.1) is 0 Å². The molecule has 0 aliphatic rings. The number of nitrogens with two attached hydrogens (primary N) is 1. The SMILES string of the molecule is COc1ccccc1OCCCOc1c(Cl)cc(/C=N/NC(N)=O)cc1OC. The van der Waals surface area contributed by atoms with Crippen molar-refractivity contribution in [2.45, 2.75) is 6.42 Å². The van der Waals surface area contributed by atoms with Gasteiger partial charge >= 0.3 is 6.03 Å². The van der Waals surface area contributed by atoms with Crippen molar-refractivity contribution in [2.24, 2.45) is 10.8 Å². The predicted octanol–water partition coefficient (Wildman–Crippen LogP) is 3.21. The molecule has 2 rings (SSSR count). The van der Waals surface area contributed by atoms with Crippen LogP contribution in [0.2, 0.25) is 5.02 Å². The number of carbonyl (C=O) groups is 1. The first-order valence-electron chi connectivity index (χ1n) is 8.39. The first-order chi connectivity index (χ1) is 13.5. The van der Waals surface area contributed by atoms with Crippen LogP contribution in [0.1, 0.15) is 12.0 Å². The molecule has 0 saturated heterocycles. The highest BCUT2D eigenvalue weighted by atomic mass is 35.5. The van der Waals surface area contributed by atoms with Gasteiger partial charge in [0.05, 0.1) is 38.7 Å². The molecule has 28 heavy (non-hydrogen) atoms. The summed E-state index contributed by atoms with van der Waals surface area (Å²) in [6, 6.07) is 9.98. The molecule has 0 atom stereocenters. The summed E-state index contributed by atoms with van der Waals surface area (Å²) < 4.78 is 22.0. The van der Waals surface area contributed by atoms with E-state index in [1.165, 1.54) is 13.3 Å². The van der Waals surface area contributed by atoms with Crippen molar-refractivity contribution < 1.29 is 23.7 Å². The standard InChI is InChI=1S/C19H22ClN3O5/c1-25-15-6-3-4-7-16(15)27-8-5-9-28-18-14(20)10-13(11-17(18)26-2)12-22-23-19(21)24/h3-4,6-7,10-12H,5,8-9H2,1-2H3,(H3,21,23,24)/b22-12+. The molecule has 150 valence electrons. The number of urea groups is 1. The molecule has 3 N–H and O–H groups in total. The molecule has 0 bridgehead atoms. The van der Waals surface area contributed by atoms with E-state index in [-0.39, 0.29) is 0 Å². The fraction of sp³-hybridized carbons (Fsp3) is 0.263. The van der Waals surface area contributed by atoms with Gasteiger partial charge in [-0.2, -0.15) is 5.10 Å². The van der Waals surface area contributed by atoms with Gasteiger partial charge in [0.2, 0.25) is 0 Å². The smallest absolute Gasteiger partial charge is 0.332 e. The zero-order valence-corrected chi connectivity index (χ0v) is 16.4. The Hall–Kier alpha value is -3.13. The number of ether oxygens (including phenoxy) is 4. The Bertz CT molecular complexity index is 829. The maximum atomic E-state index is 10.6. The van der Waals surface area contributed by atoms with Crippen LogP contribution in [0.15, 0.2) is 41.5 Å². The second-order valence-corrected chi connectivity index (χ2v) is 5.88. The number of hydrogen-bond acceptors (Lipinski definition) is 6. The minimum Gasteiger partial charge on any atom is -0.493 e. The number of amides is 2. The zero-order chi connectivity index (χ0) is 20.4. The van der Waals surface area contributed by atoms with Crippen molar-refractivity contribution in [3.63, 3.8) is 0 Å². The Labute approximate surface area is 168 Å². The van der Waals surface area contributed by atoms with Gasteiger partial charge in [0.15, 0.2) is 23.0 Å². The number of nitrogens with one attached hydrogen (secondary N) is 1. The number of carbonyl (C=O) groups excluding carboxylic acids is 1. The van der Waals surface area contributed by atoms with E-state index in [9.17, 15) is 4.79 Å². The quantitative estimate of drug-likeness (QED) is 0.357. The molecule has 0 radical (unpaired) electrons. The van der Waals surface area contributed by atoms with E-state index in [0.717, 1.165) is 0 Å². The van der Waals surface area contributed by atoms with Gasteiger partial charge in [-0.05, 0) is 29.8 Å². The van der Waals surface area contributed by atoms with Crippen LogP contribution >= 0.6 is 11.6 Å². The van der Waals surface area contributed by atoms with Crippen LogP contribution in [0.4, 0.5) is 4.79 Å². The molecule has 2 amide bonds. The lowest BCUT2D eigenvalue weighted by atomic mass is 10.2. The second kappa shape index (κ2) is 10.9. The summed E-state index contributed by atoms with van der Waals surface area (Å²) in [4.78, 5) is 10.6. The molecule has 0 saturated carbocycles. The minimum atomic E-state index is -0.760. The van der Waals surface area contributed by atoms with Crippen molar-refractivity contribution >= 4 is 23.8 Å². The first-order valence-corrected chi connectivity index (χ1v) is 8.77. The van der Waals surface area contributed by atoms with E-state index < -0.39 is 6.03 Å². The summed E-state index contributed by atoms with van der Waals surface area (Å²) in [6.07, 6.45) is 2.02. The Balaban J connectivity index is 1.91. The molecule has 0 heterocycles. The Kier molecular flexibility index (Phi) is 8.23. The van der Waals surface area contributed by atoms with Crippen LogP contribution in [0, 0.1) is 0 Å². The van der Waals surface area contributed by atoms with Crippen LogP contribution in [0.3, 0.4) is 0 Å². The number of rotatable bonds is 10. The monoisotopic (exact) mass is 407 g/mol. The molecule has 0 fully saturated rings. The fourth-order valence-corrected chi connectivity index (χ4v) is 2.55. The van der Waals surface area contributed by atoms with Crippen molar-refractivity contribution in [3.05, 3.63) is 47.0 Å². The lowest BCUT2D eigenvalue weighted by molar-refractivity contribution is 0.235. The van der Waals surface area contributed by atoms with E-state index in [1.54, 1.807) is 19.2 Å². The average Bonchev–Trinajstić information content (AvgIpc) is 2.68. The highest BCUT2D eigenvalue weighted by Gasteiger charge is 2.12. The molecular formula is C19H22ClN3O5. The number of benzene rings is 2. The lowest BCUT2D eigenvalue weighted by Gasteiger charge is -2.14. The molecule has 0 aromatic heterocycles. The molecule has 0 unspecified atom stereocenters. The van der Waals surface area contributed by atoms with Crippen LogP contribution in [-0.4, -0.2) is 39.7 Å². The number of hydrogen-bond donors (Lipinski definition) is 2. The van der Waals surface area contributed by atoms with E-state index in [1.807, 2.05) is 24.3 Å². The Morgan fingerprint density at radius 2 is 1.79 bits per heavy atom. The van der Waals surface area contributed by atoms with Gasteiger partial charge in [-0.3, -0.25) is 0 Å². The largest absolute Gasteiger partial charge is 0.493 e. The van der Waals surface area contributed by atoms with Gasteiger partial charge in [0.25, 0.3) is 0 Å². The maximum Gasteiger partial charge on any atom is 0.332 e. The summed E-state index contributed by atoms with van der Waals surface area (Å²) in [7, 11) is 3.10. The van der Waals surface area contributed by atoms with Crippen molar-refractivity contribution in [2.75, 3.05) is 27.4 Å². The summed E-state index contributed by atoms with van der Waals surface area (Å²) >= 11 is 6.28. The Morgan fingerprint density at radius 1 is 1.11 bits per heavy atom. The number of para-hydroxylation sites is 2. The third kappa shape index (κ3) is 6.24. The Morgan fingerprint density at radius 3 is 2.46 bits per heavy atom. The molecule has 2 aromatic rings. The predicted molar refractivity (Wildman–Crippen MR) is 107 cm³/mol. The van der Waals surface area contributed by atoms with Gasteiger partial charge in [0, 0.05) is 6.42 Å². The highest BCUT2D eigenvalue weighted by molar-refractivity contribution is 6.32. The van der Waals surface area contributed by atoms with Crippen LogP contribution < -0.4 is 30.1 Å². The minimum absolute atomic E-state index is 0.352. The third-order valence-corrected chi connectivity index (χ3v) is 3.78. The van der Waals surface area contributed by atoms with Crippen molar-refractivity contribution in [1.82, 2.24) is 5.43 Å². The van der Waals surface area contributed by atoms with Crippen molar-refractivity contribution in [1.29, 1.82) is 0 Å². The molecular weight excluding hydrogens is 386 g/mol. The number of halogens is 1. The molecule has 0 aliphatic heterocycles. The number of nitrogens with zero attached hydrogens (tertiary/aromatic N) is 1. The molecule has 8 nitrogen and oxygen atoms in total. The highest BCUT2D eigenvalue weighted by Crippen LogP contribution is 2.36. The van der Waals surface area contributed by atoms with Gasteiger partial charge < -0.3 is 24.7 Å². The van der Waals surface area contributed by atoms with E-state index in [4.69, 9.17) is 36.3 Å². The number of hydrazone groups is 1. The van der Waals surface area contributed by atoms with Crippen LogP contribution in [0.25, 0.3) is 0 Å². The first kappa shape index (κ1) is 21.2. The number of methoxy groups -OCH3 is 2. The van der Waals surface area contributed by atoms with E-state index >= 15 is 0 Å². The number of primary amides is 1. The summed E-state index contributed by atoms with van der Waals surface area (Å²) in [6.45, 7) is 0.825. The summed E-state index contributed by atoms with van der Waals surface area (Å²) in [5, 5.41) is 4.04. The van der Waals surface area contributed by atoms with Crippen LogP contribution in [-0.2, 0) is 0 Å².